The van der Waals surface area contributed by atoms with Gasteiger partial charge in [0.15, 0.2) is 23.9 Å². The molecule has 0 saturated carbocycles. The van der Waals surface area contributed by atoms with Gasteiger partial charge in [-0.15, -0.1) is 0 Å². The Balaban J connectivity index is 1.73. The van der Waals surface area contributed by atoms with Crippen LogP contribution in [-0.2, 0) is 22.3 Å². The zero-order chi connectivity index (χ0) is 21.9. The van der Waals surface area contributed by atoms with Crippen molar-refractivity contribution in [2.75, 3.05) is 20.8 Å². The predicted molar refractivity (Wildman–Crippen MR) is 99.6 cm³/mol. The number of carbonyl (C=O) groups is 2. The Morgan fingerprint density at radius 2 is 1.73 bits per heavy atom. The lowest BCUT2D eigenvalue weighted by Crippen LogP contribution is -2.22. The van der Waals surface area contributed by atoms with E-state index in [-0.39, 0.29) is 16.6 Å². The molecule has 10 heteroatoms. The molecule has 1 heterocycles. The second-order valence-electron chi connectivity index (χ2n) is 6.16. The summed E-state index contributed by atoms with van der Waals surface area (Å²) < 4.78 is 55.7. The van der Waals surface area contributed by atoms with E-state index in [4.69, 9.17) is 14.2 Å². The van der Waals surface area contributed by atoms with Gasteiger partial charge in [-0.1, -0.05) is 12.1 Å². The van der Waals surface area contributed by atoms with Crippen molar-refractivity contribution in [1.29, 1.82) is 0 Å². The number of halogens is 3. The number of imidazole rings is 1. The molecule has 0 unspecified atom stereocenters. The Hall–Kier alpha value is -3.56. The smallest absolute Gasteiger partial charge is 0.449 e. The van der Waals surface area contributed by atoms with Crippen molar-refractivity contribution in [2.45, 2.75) is 12.7 Å². The van der Waals surface area contributed by atoms with Gasteiger partial charge >= 0.3 is 12.1 Å². The van der Waals surface area contributed by atoms with Crippen LogP contribution in [0.25, 0.3) is 11.0 Å². The molecule has 0 bridgehead atoms. The topological polar surface area (TPSA) is 79.7 Å². The molecular weight excluding hydrogens is 405 g/mol. The third-order valence-electron chi connectivity index (χ3n) is 4.27. The van der Waals surface area contributed by atoms with Crippen LogP contribution >= 0.6 is 0 Å². The quantitative estimate of drug-likeness (QED) is 0.428. The number of hydrogen-bond donors (Lipinski definition) is 0. The minimum Gasteiger partial charge on any atom is -0.493 e. The van der Waals surface area contributed by atoms with Gasteiger partial charge in [0, 0.05) is 5.56 Å². The Kier molecular flexibility index (Phi) is 5.95. The van der Waals surface area contributed by atoms with Crippen LogP contribution in [0.15, 0.2) is 42.5 Å². The van der Waals surface area contributed by atoms with Gasteiger partial charge < -0.3 is 18.8 Å². The summed E-state index contributed by atoms with van der Waals surface area (Å²) in [7, 11) is 2.84. The number of Topliss-reactive ketones (excluding diaryl/α,β-unsaturated/α-hetero) is 1. The van der Waals surface area contributed by atoms with Crippen LogP contribution in [0, 0.1) is 0 Å². The first kappa shape index (κ1) is 21.2. The Morgan fingerprint density at radius 1 is 1.03 bits per heavy atom. The number of para-hydroxylation sites is 2. The average molecular weight is 422 g/mol. The van der Waals surface area contributed by atoms with Gasteiger partial charge in [0.05, 0.1) is 25.3 Å². The molecule has 1 aromatic heterocycles. The van der Waals surface area contributed by atoms with Crippen molar-refractivity contribution < 1.29 is 37.0 Å². The Bertz CT molecular complexity index is 1090. The lowest BCUT2D eigenvalue weighted by Gasteiger charge is -2.12. The number of benzene rings is 2. The number of ether oxygens (including phenoxy) is 3. The van der Waals surface area contributed by atoms with Crippen molar-refractivity contribution in [3.05, 3.63) is 53.9 Å². The van der Waals surface area contributed by atoms with Crippen molar-refractivity contribution >= 4 is 22.8 Å². The molecule has 7 nitrogen and oxygen atoms in total. The number of ketones is 1. The molecule has 0 radical (unpaired) electrons. The summed E-state index contributed by atoms with van der Waals surface area (Å²) in [4.78, 5) is 28.0. The maximum atomic E-state index is 13.3. The molecule has 3 aromatic rings. The van der Waals surface area contributed by atoms with Gasteiger partial charge in [0.25, 0.3) is 0 Å². The van der Waals surface area contributed by atoms with E-state index in [9.17, 15) is 22.8 Å². The number of carbonyl (C=O) groups excluding carboxylic acids is 2. The standard InChI is InChI=1S/C20H17F3N2O5/c1-28-16-8-7-12(9-17(16)29-2)15(26)11-30-18(27)10-25-14-6-4-3-5-13(14)24-19(25)20(21,22)23/h3-9H,10-11H2,1-2H3. The van der Waals surface area contributed by atoms with Gasteiger partial charge in [-0.3, -0.25) is 9.59 Å². The molecule has 0 saturated heterocycles. The fourth-order valence-electron chi connectivity index (χ4n) is 2.87. The first-order chi connectivity index (χ1) is 14.2. The van der Waals surface area contributed by atoms with Crippen LogP contribution < -0.4 is 9.47 Å². The minimum absolute atomic E-state index is 0.0963. The number of fused-ring (bicyclic) bond motifs is 1. The lowest BCUT2D eigenvalue weighted by molar-refractivity contribution is -0.150. The first-order valence-corrected chi connectivity index (χ1v) is 8.68. The normalized spacial score (nSPS) is 11.4. The number of hydrogen-bond acceptors (Lipinski definition) is 6. The molecule has 0 atom stereocenters. The predicted octanol–water partition coefficient (Wildman–Crippen LogP) is 3.50. The van der Waals surface area contributed by atoms with E-state index in [1.165, 1.54) is 50.6 Å². The van der Waals surface area contributed by atoms with Gasteiger partial charge in [-0.25, -0.2) is 4.98 Å². The van der Waals surface area contributed by atoms with Crippen molar-refractivity contribution in [1.82, 2.24) is 9.55 Å². The van der Waals surface area contributed by atoms with Crippen LogP contribution in [0.2, 0.25) is 0 Å². The monoisotopic (exact) mass is 422 g/mol. The van der Waals surface area contributed by atoms with E-state index in [0.717, 1.165) is 4.57 Å². The highest BCUT2D eigenvalue weighted by molar-refractivity contribution is 5.98. The average Bonchev–Trinajstić information content (AvgIpc) is 3.10. The Morgan fingerprint density at radius 3 is 2.40 bits per heavy atom. The van der Waals surface area contributed by atoms with Crippen molar-refractivity contribution in [3.8, 4) is 11.5 Å². The van der Waals surface area contributed by atoms with Gasteiger partial charge in [-0.05, 0) is 30.3 Å². The second kappa shape index (κ2) is 8.44. The van der Waals surface area contributed by atoms with Gasteiger partial charge in [0.2, 0.25) is 5.82 Å². The van der Waals surface area contributed by atoms with Gasteiger partial charge in [0.1, 0.15) is 6.54 Å². The van der Waals surface area contributed by atoms with E-state index in [0.29, 0.717) is 11.5 Å². The summed E-state index contributed by atoms with van der Waals surface area (Å²) in [5.41, 5.74) is 0.427. The molecule has 0 aliphatic carbocycles. The number of aromatic nitrogens is 2. The zero-order valence-corrected chi connectivity index (χ0v) is 16.0. The third kappa shape index (κ3) is 4.37. The highest BCUT2D eigenvalue weighted by atomic mass is 19.4. The molecular formula is C20H17F3N2O5. The molecule has 0 fully saturated rings. The van der Waals surface area contributed by atoms with E-state index >= 15 is 0 Å². The second-order valence-corrected chi connectivity index (χ2v) is 6.16. The summed E-state index contributed by atoms with van der Waals surface area (Å²) in [6.07, 6.45) is -4.76. The molecule has 2 aromatic carbocycles. The molecule has 0 N–H and O–H groups in total. The van der Waals surface area contributed by atoms with Crippen molar-refractivity contribution in [2.24, 2.45) is 0 Å². The Labute approximate surface area is 169 Å². The maximum absolute atomic E-state index is 13.3. The fourth-order valence-corrected chi connectivity index (χ4v) is 2.87. The van der Waals surface area contributed by atoms with E-state index in [1.54, 1.807) is 6.07 Å². The molecule has 0 aliphatic rings. The van der Waals surface area contributed by atoms with Gasteiger partial charge in [-0.2, -0.15) is 13.2 Å². The lowest BCUT2D eigenvalue weighted by atomic mass is 10.1. The number of esters is 1. The largest absolute Gasteiger partial charge is 0.493 e. The summed E-state index contributed by atoms with van der Waals surface area (Å²) in [6.45, 7) is -1.38. The minimum atomic E-state index is -4.76. The SMILES string of the molecule is COc1ccc(C(=O)COC(=O)Cn2c(C(F)(F)F)nc3ccccc32)cc1OC. The number of nitrogens with zero attached hydrogens (tertiary/aromatic N) is 2. The molecule has 3 rings (SSSR count). The van der Waals surface area contributed by atoms with Crippen LogP contribution in [0.4, 0.5) is 13.2 Å². The number of rotatable bonds is 7. The summed E-state index contributed by atoms with van der Waals surface area (Å²) in [5, 5.41) is 0. The molecule has 0 amide bonds. The zero-order valence-electron chi connectivity index (χ0n) is 16.0. The number of methoxy groups -OCH3 is 2. The maximum Gasteiger partial charge on any atom is 0.449 e. The summed E-state index contributed by atoms with van der Waals surface area (Å²) in [6, 6.07) is 10.3. The summed E-state index contributed by atoms with van der Waals surface area (Å²) in [5.74, 6) is -2.03. The molecule has 0 spiro atoms. The highest BCUT2D eigenvalue weighted by Crippen LogP contribution is 2.31. The first-order valence-electron chi connectivity index (χ1n) is 8.68. The van der Waals surface area contributed by atoms with E-state index in [1.807, 2.05) is 0 Å². The van der Waals surface area contributed by atoms with Crippen molar-refractivity contribution in [3.63, 3.8) is 0 Å². The van der Waals surface area contributed by atoms with Crippen LogP contribution in [0.5, 0.6) is 11.5 Å². The van der Waals surface area contributed by atoms with Crippen LogP contribution in [0.3, 0.4) is 0 Å². The van der Waals surface area contributed by atoms with E-state index < -0.39 is 36.9 Å². The fraction of sp³-hybridized carbons (Fsp3) is 0.250. The van der Waals surface area contributed by atoms with Crippen LogP contribution in [-0.4, -0.2) is 42.1 Å². The summed E-state index contributed by atoms with van der Waals surface area (Å²) >= 11 is 0. The van der Waals surface area contributed by atoms with E-state index in [2.05, 4.69) is 4.98 Å². The molecule has 158 valence electrons. The third-order valence-corrected chi connectivity index (χ3v) is 4.27. The molecule has 30 heavy (non-hydrogen) atoms. The van der Waals surface area contributed by atoms with Crippen LogP contribution in [0.1, 0.15) is 16.2 Å². The number of alkyl halides is 3. The molecule has 0 aliphatic heterocycles. The highest BCUT2D eigenvalue weighted by Gasteiger charge is 2.38.